The third-order valence-corrected chi connectivity index (χ3v) is 4.53. The molecule has 1 amide bonds. The summed E-state index contributed by atoms with van der Waals surface area (Å²) in [6.07, 6.45) is 0.0278. The highest BCUT2D eigenvalue weighted by atomic mass is 19.1. The fourth-order valence-electron chi connectivity index (χ4n) is 3.15. The lowest BCUT2D eigenvalue weighted by Gasteiger charge is -2.36. The van der Waals surface area contributed by atoms with Crippen LogP contribution in [0.15, 0.2) is 42.5 Å². The molecule has 6 heteroatoms. The molecule has 1 fully saturated rings. The Morgan fingerprint density at radius 3 is 2.26 bits per heavy atom. The monoisotopic (exact) mass is 372 g/mol. The van der Waals surface area contributed by atoms with Gasteiger partial charge in [0.05, 0.1) is 13.2 Å². The Balaban J connectivity index is 1.66. The summed E-state index contributed by atoms with van der Waals surface area (Å²) in [4.78, 5) is 16.8. The molecule has 0 bridgehead atoms. The van der Waals surface area contributed by atoms with Crippen LogP contribution in [0, 0.1) is 5.82 Å². The van der Waals surface area contributed by atoms with Gasteiger partial charge >= 0.3 is 0 Å². The Morgan fingerprint density at radius 1 is 1.00 bits per heavy atom. The number of halogens is 1. The largest absolute Gasteiger partial charge is 0.493 e. The first-order valence-electron chi connectivity index (χ1n) is 9.12. The Morgan fingerprint density at radius 2 is 1.67 bits per heavy atom. The predicted octanol–water partition coefficient (Wildman–Crippen LogP) is 3.58. The molecule has 0 aromatic heterocycles. The average Bonchev–Trinajstić information content (AvgIpc) is 2.68. The molecule has 0 atom stereocenters. The van der Waals surface area contributed by atoms with Crippen LogP contribution in [0.4, 0.5) is 10.1 Å². The van der Waals surface area contributed by atoms with Crippen molar-refractivity contribution in [1.82, 2.24) is 4.90 Å². The second-order valence-electron chi connectivity index (χ2n) is 6.79. The standard InChI is InChI=1S/C21H25FN2O3/c1-15(2)27-19-9-4-16(14-20(19)26-3)21(25)24-12-10-23(11-13-24)18-7-5-17(22)6-8-18/h4-9,14-15H,10-13H2,1-3H3. The molecule has 0 radical (unpaired) electrons. The maximum atomic E-state index is 13.1. The van der Waals surface area contributed by atoms with Gasteiger partial charge in [0.2, 0.25) is 0 Å². The van der Waals surface area contributed by atoms with Gasteiger partial charge in [-0.15, -0.1) is 0 Å². The fourth-order valence-corrected chi connectivity index (χ4v) is 3.15. The first-order chi connectivity index (χ1) is 13.0. The van der Waals surface area contributed by atoms with E-state index in [1.54, 1.807) is 37.4 Å². The van der Waals surface area contributed by atoms with Crippen molar-refractivity contribution in [3.8, 4) is 11.5 Å². The van der Waals surface area contributed by atoms with Crippen molar-refractivity contribution in [3.63, 3.8) is 0 Å². The van der Waals surface area contributed by atoms with Crippen LogP contribution in [0.1, 0.15) is 24.2 Å². The summed E-state index contributed by atoms with van der Waals surface area (Å²) in [7, 11) is 1.57. The highest BCUT2D eigenvalue weighted by molar-refractivity contribution is 5.95. The molecule has 2 aromatic carbocycles. The maximum Gasteiger partial charge on any atom is 0.254 e. The lowest BCUT2D eigenvalue weighted by molar-refractivity contribution is 0.0746. The summed E-state index contributed by atoms with van der Waals surface area (Å²) in [5, 5.41) is 0. The van der Waals surface area contributed by atoms with Gasteiger partial charge in [-0.2, -0.15) is 0 Å². The topological polar surface area (TPSA) is 42.0 Å². The first-order valence-corrected chi connectivity index (χ1v) is 9.12. The molecule has 1 heterocycles. The number of benzene rings is 2. The molecule has 0 saturated carbocycles. The number of ether oxygens (including phenoxy) is 2. The molecule has 27 heavy (non-hydrogen) atoms. The van der Waals surface area contributed by atoms with Crippen LogP contribution >= 0.6 is 0 Å². The molecule has 0 N–H and O–H groups in total. The van der Waals surface area contributed by atoms with E-state index in [9.17, 15) is 9.18 Å². The number of nitrogens with zero attached hydrogens (tertiary/aromatic N) is 2. The second-order valence-corrected chi connectivity index (χ2v) is 6.79. The highest BCUT2D eigenvalue weighted by Gasteiger charge is 2.23. The molecular formula is C21H25FN2O3. The van der Waals surface area contributed by atoms with E-state index in [4.69, 9.17) is 9.47 Å². The van der Waals surface area contributed by atoms with Crippen LogP contribution in [0.5, 0.6) is 11.5 Å². The van der Waals surface area contributed by atoms with Crippen molar-refractivity contribution < 1.29 is 18.7 Å². The normalized spacial score (nSPS) is 14.4. The van der Waals surface area contributed by atoms with Gasteiger partial charge in [-0.05, 0) is 56.3 Å². The smallest absolute Gasteiger partial charge is 0.254 e. The zero-order chi connectivity index (χ0) is 19.4. The van der Waals surface area contributed by atoms with Crippen LogP contribution in [0.25, 0.3) is 0 Å². The number of amides is 1. The third kappa shape index (κ3) is 4.51. The SMILES string of the molecule is COc1cc(C(=O)N2CCN(c3ccc(F)cc3)CC2)ccc1OC(C)C. The minimum Gasteiger partial charge on any atom is -0.493 e. The number of piperazine rings is 1. The van der Waals surface area contributed by atoms with Crippen molar-refractivity contribution in [2.75, 3.05) is 38.2 Å². The zero-order valence-corrected chi connectivity index (χ0v) is 15.9. The molecule has 1 aliphatic rings. The second kappa shape index (κ2) is 8.29. The van der Waals surface area contributed by atoms with Gasteiger partial charge in [0.25, 0.3) is 5.91 Å². The Hall–Kier alpha value is -2.76. The molecule has 0 aliphatic carbocycles. The van der Waals surface area contributed by atoms with Gasteiger partial charge in [0.15, 0.2) is 11.5 Å². The predicted molar refractivity (Wildman–Crippen MR) is 103 cm³/mol. The van der Waals surface area contributed by atoms with Gasteiger partial charge in [-0.1, -0.05) is 0 Å². The molecule has 0 spiro atoms. The quantitative estimate of drug-likeness (QED) is 0.805. The summed E-state index contributed by atoms with van der Waals surface area (Å²) >= 11 is 0. The van der Waals surface area contributed by atoms with E-state index < -0.39 is 0 Å². The lowest BCUT2D eigenvalue weighted by Crippen LogP contribution is -2.48. The van der Waals surface area contributed by atoms with Gasteiger partial charge in [0, 0.05) is 37.4 Å². The van der Waals surface area contributed by atoms with Gasteiger partial charge in [-0.3, -0.25) is 4.79 Å². The number of hydrogen-bond acceptors (Lipinski definition) is 4. The van der Waals surface area contributed by atoms with Crippen LogP contribution in [0.2, 0.25) is 0 Å². The van der Waals surface area contributed by atoms with Crippen LogP contribution in [0.3, 0.4) is 0 Å². The number of hydrogen-bond donors (Lipinski definition) is 0. The number of carbonyl (C=O) groups excluding carboxylic acids is 1. The third-order valence-electron chi connectivity index (χ3n) is 4.53. The molecule has 1 aliphatic heterocycles. The van der Waals surface area contributed by atoms with E-state index in [1.807, 2.05) is 18.7 Å². The summed E-state index contributed by atoms with van der Waals surface area (Å²) in [6, 6.07) is 11.7. The number of carbonyl (C=O) groups is 1. The fraction of sp³-hybridized carbons (Fsp3) is 0.381. The van der Waals surface area contributed by atoms with Crippen LogP contribution in [-0.2, 0) is 0 Å². The summed E-state index contributed by atoms with van der Waals surface area (Å²) in [5.74, 6) is 0.916. The van der Waals surface area contributed by atoms with Gasteiger partial charge in [0.1, 0.15) is 5.82 Å². The highest BCUT2D eigenvalue weighted by Crippen LogP contribution is 2.29. The van der Waals surface area contributed by atoms with Crippen LogP contribution < -0.4 is 14.4 Å². The van der Waals surface area contributed by atoms with E-state index in [2.05, 4.69) is 4.90 Å². The molecule has 5 nitrogen and oxygen atoms in total. The van der Waals surface area contributed by atoms with E-state index in [-0.39, 0.29) is 17.8 Å². The Kier molecular flexibility index (Phi) is 5.84. The Bertz CT molecular complexity index is 785. The van der Waals surface area contributed by atoms with Crippen molar-refractivity contribution in [2.24, 2.45) is 0 Å². The van der Waals surface area contributed by atoms with E-state index >= 15 is 0 Å². The van der Waals surface area contributed by atoms with E-state index in [1.165, 1.54) is 12.1 Å². The Labute approximate surface area is 159 Å². The molecule has 0 unspecified atom stereocenters. The number of anilines is 1. The summed E-state index contributed by atoms with van der Waals surface area (Å²) in [6.45, 7) is 6.54. The maximum absolute atomic E-state index is 13.1. The zero-order valence-electron chi connectivity index (χ0n) is 15.9. The van der Waals surface area contributed by atoms with Crippen molar-refractivity contribution in [1.29, 1.82) is 0 Å². The van der Waals surface area contributed by atoms with E-state index in [0.717, 1.165) is 5.69 Å². The lowest BCUT2D eigenvalue weighted by atomic mass is 10.1. The van der Waals surface area contributed by atoms with Crippen molar-refractivity contribution in [3.05, 3.63) is 53.8 Å². The molecule has 2 aromatic rings. The number of methoxy groups -OCH3 is 1. The molecule has 1 saturated heterocycles. The minimum absolute atomic E-state index is 0.0249. The van der Waals surface area contributed by atoms with Gasteiger partial charge in [-0.25, -0.2) is 4.39 Å². The average molecular weight is 372 g/mol. The van der Waals surface area contributed by atoms with Crippen LogP contribution in [-0.4, -0.2) is 50.2 Å². The van der Waals surface area contributed by atoms with Crippen molar-refractivity contribution >= 4 is 11.6 Å². The van der Waals surface area contributed by atoms with Gasteiger partial charge < -0.3 is 19.3 Å². The molecule has 3 rings (SSSR count). The summed E-state index contributed by atoms with van der Waals surface area (Å²) < 4.78 is 24.2. The molecular weight excluding hydrogens is 347 g/mol. The minimum atomic E-state index is -0.244. The molecule has 144 valence electrons. The first kappa shape index (κ1) is 19.0. The summed E-state index contributed by atoms with van der Waals surface area (Å²) in [5.41, 5.74) is 1.55. The van der Waals surface area contributed by atoms with E-state index in [0.29, 0.717) is 43.2 Å². The van der Waals surface area contributed by atoms with Crippen molar-refractivity contribution in [2.45, 2.75) is 20.0 Å². The number of rotatable bonds is 5.